The van der Waals surface area contributed by atoms with Crippen LogP contribution in [-0.2, 0) is 4.79 Å². The number of amides is 1. The fourth-order valence-electron chi connectivity index (χ4n) is 3.59. The molecule has 1 aliphatic rings. The zero-order valence-corrected chi connectivity index (χ0v) is 18.0. The van der Waals surface area contributed by atoms with Crippen LogP contribution in [0.15, 0.2) is 48.7 Å². The molecule has 0 radical (unpaired) electrons. The third kappa shape index (κ3) is 6.23. The van der Waals surface area contributed by atoms with Crippen LogP contribution in [0.1, 0.15) is 36.3 Å². The molecule has 4 rings (SSSR count). The zero-order valence-electron chi connectivity index (χ0n) is 17.2. The van der Waals surface area contributed by atoms with Crippen LogP contribution in [0.2, 0.25) is 5.02 Å². The summed E-state index contributed by atoms with van der Waals surface area (Å²) in [4.78, 5) is 24.9. The van der Waals surface area contributed by atoms with Crippen LogP contribution in [0.25, 0.3) is 16.8 Å². The van der Waals surface area contributed by atoms with E-state index in [0.717, 1.165) is 42.5 Å². The van der Waals surface area contributed by atoms with Gasteiger partial charge in [0.1, 0.15) is 5.97 Å². The van der Waals surface area contributed by atoms with Crippen molar-refractivity contribution in [2.75, 3.05) is 0 Å². The Bertz CT molecular complexity index is 1140. The molecule has 0 saturated heterocycles. The Morgan fingerprint density at radius 2 is 1.79 bits per heavy atom. The topological polar surface area (TPSA) is 109 Å². The molecule has 0 unspecified atom stereocenters. The summed E-state index contributed by atoms with van der Waals surface area (Å²) in [6.07, 6.45) is -0.485. The molecule has 1 aromatic carbocycles. The minimum absolute atomic E-state index is 0.100. The van der Waals surface area contributed by atoms with Gasteiger partial charge in [0.2, 0.25) is 0 Å². The summed E-state index contributed by atoms with van der Waals surface area (Å²) in [5, 5.41) is 22.2. The van der Waals surface area contributed by atoms with E-state index in [1.165, 1.54) is 0 Å². The van der Waals surface area contributed by atoms with E-state index in [0.29, 0.717) is 10.8 Å². The van der Waals surface area contributed by atoms with Crippen molar-refractivity contribution >= 4 is 29.0 Å². The number of hydrogen-bond donors (Lipinski definition) is 3. The number of carboxylic acids is 1. The standard InChI is InChI=1S/C20H20ClN3O2.C2HF3O2/c21-14-5-3-4-13(12-14)18-17-6-1-2-11-24(17)19(23-18)20(26)22-15-7-9-16(25)10-8-15;3-2(4,5)1(6)7/h1-6,11-12,15-16,25H,7-10H2,(H,22,26);(H,6,7). The van der Waals surface area contributed by atoms with Crippen LogP contribution in [0, 0.1) is 0 Å². The van der Waals surface area contributed by atoms with Crippen LogP contribution in [0.3, 0.4) is 0 Å². The van der Waals surface area contributed by atoms with E-state index >= 15 is 0 Å². The van der Waals surface area contributed by atoms with Gasteiger partial charge in [-0.05, 0) is 49.9 Å². The second kappa shape index (κ2) is 10.2. The molecule has 33 heavy (non-hydrogen) atoms. The van der Waals surface area contributed by atoms with Gasteiger partial charge in [0.15, 0.2) is 11.2 Å². The highest BCUT2D eigenvalue weighted by atomic mass is 35.5. The average molecular weight is 484 g/mol. The number of aromatic amines is 1. The smallest absolute Gasteiger partial charge is 0.430 e. The number of hydrogen-bond acceptors (Lipinski definition) is 4. The Hall–Kier alpha value is -3.11. The third-order valence-corrected chi connectivity index (χ3v) is 5.43. The molecule has 1 aliphatic carbocycles. The number of alkyl halides is 3. The third-order valence-electron chi connectivity index (χ3n) is 5.19. The molecule has 3 aromatic rings. The molecule has 11 heteroatoms. The number of nitrogens with one attached hydrogen (secondary N) is 2. The maximum absolute atomic E-state index is 12.9. The maximum Gasteiger partial charge on any atom is 0.430 e. The molecule has 1 amide bonds. The number of fused-ring (bicyclic) bond motifs is 1. The zero-order chi connectivity index (χ0) is 24.2. The van der Waals surface area contributed by atoms with Gasteiger partial charge in [-0.15, -0.1) is 0 Å². The van der Waals surface area contributed by atoms with Gasteiger partial charge in [0, 0.05) is 16.6 Å². The van der Waals surface area contributed by atoms with Crippen molar-refractivity contribution in [2.45, 2.75) is 44.0 Å². The monoisotopic (exact) mass is 483 g/mol. The van der Waals surface area contributed by atoms with E-state index in [1.54, 1.807) is 0 Å². The first-order valence-electron chi connectivity index (χ1n) is 10.1. The number of aromatic nitrogens is 2. The van der Waals surface area contributed by atoms with Crippen molar-refractivity contribution in [2.24, 2.45) is 0 Å². The minimum Gasteiger partial charge on any atom is -0.542 e. The normalized spacial score (nSPS) is 18.3. The Kier molecular flexibility index (Phi) is 7.60. The van der Waals surface area contributed by atoms with E-state index < -0.39 is 12.1 Å². The first-order chi connectivity index (χ1) is 15.6. The summed E-state index contributed by atoms with van der Waals surface area (Å²) in [7, 11) is 0. The second-order valence-electron chi connectivity index (χ2n) is 7.58. The fourth-order valence-corrected chi connectivity index (χ4v) is 3.78. The number of aliphatic carboxylic acids is 1. The summed E-state index contributed by atoms with van der Waals surface area (Å²) in [6.45, 7) is 0. The molecule has 0 atom stereocenters. The van der Waals surface area contributed by atoms with E-state index in [1.807, 2.05) is 53.1 Å². The van der Waals surface area contributed by atoms with E-state index in [9.17, 15) is 23.1 Å². The number of pyridine rings is 1. The van der Waals surface area contributed by atoms with Gasteiger partial charge in [0.05, 0.1) is 12.3 Å². The number of H-pyrrole nitrogens is 1. The van der Waals surface area contributed by atoms with Crippen LogP contribution in [-0.4, -0.2) is 40.3 Å². The first kappa shape index (κ1) is 24.5. The summed E-state index contributed by atoms with van der Waals surface area (Å²) >= 11 is 6.14. The summed E-state index contributed by atoms with van der Waals surface area (Å²) in [5.41, 5.74) is 2.71. The van der Waals surface area contributed by atoms with Crippen LogP contribution < -0.4 is 14.8 Å². The molecule has 1 saturated carbocycles. The number of carboxylic acid groups (broad SMARTS) is 1. The number of nitrogens with zero attached hydrogens (tertiary/aromatic N) is 1. The Morgan fingerprint density at radius 1 is 1.12 bits per heavy atom. The first-order valence-corrected chi connectivity index (χ1v) is 10.5. The Labute approximate surface area is 191 Å². The number of aliphatic hydroxyl groups is 1. The lowest BCUT2D eigenvalue weighted by Gasteiger charge is -2.25. The Morgan fingerprint density at radius 3 is 2.39 bits per heavy atom. The van der Waals surface area contributed by atoms with Gasteiger partial charge in [0.25, 0.3) is 0 Å². The lowest BCUT2D eigenvalue weighted by atomic mass is 9.93. The number of halogens is 4. The number of aliphatic hydroxyl groups excluding tert-OH is 1. The van der Waals surface area contributed by atoms with Gasteiger partial charge in [-0.25, -0.2) is 4.98 Å². The number of benzene rings is 1. The van der Waals surface area contributed by atoms with Gasteiger partial charge in [-0.1, -0.05) is 29.8 Å². The van der Waals surface area contributed by atoms with E-state index in [4.69, 9.17) is 21.5 Å². The van der Waals surface area contributed by atoms with Gasteiger partial charge < -0.3 is 20.3 Å². The van der Waals surface area contributed by atoms with Gasteiger partial charge in [-0.2, -0.15) is 17.6 Å². The molecule has 7 nitrogen and oxygen atoms in total. The molecule has 0 spiro atoms. The van der Waals surface area contributed by atoms with Crippen LogP contribution in [0.5, 0.6) is 0 Å². The van der Waals surface area contributed by atoms with Crippen molar-refractivity contribution < 1.29 is 37.4 Å². The number of carbonyl (C=O) groups excluding carboxylic acids is 2. The lowest BCUT2D eigenvalue weighted by Crippen LogP contribution is -2.42. The van der Waals surface area contributed by atoms with Gasteiger partial charge in [-0.3, -0.25) is 4.79 Å². The second-order valence-corrected chi connectivity index (χ2v) is 8.02. The summed E-state index contributed by atoms with van der Waals surface area (Å²) in [6, 6.07) is 13.5. The highest BCUT2D eigenvalue weighted by Crippen LogP contribution is 2.25. The highest BCUT2D eigenvalue weighted by molar-refractivity contribution is 6.30. The molecule has 0 bridgehead atoms. The van der Waals surface area contributed by atoms with Crippen LogP contribution >= 0.6 is 11.6 Å². The van der Waals surface area contributed by atoms with E-state index in [2.05, 4.69) is 10.3 Å². The lowest BCUT2D eigenvalue weighted by molar-refractivity contribution is -0.514. The molecular weight excluding hydrogens is 463 g/mol. The predicted molar refractivity (Wildman–Crippen MR) is 111 cm³/mol. The number of carbonyl (C=O) groups is 2. The number of imidazole rings is 1. The fraction of sp³-hybridized carbons (Fsp3) is 0.318. The largest absolute Gasteiger partial charge is 0.542 e. The van der Waals surface area contributed by atoms with E-state index in [-0.39, 0.29) is 18.1 Å². The molecule has 2 aromatic heterocycles. The highest BCUT2D eigenvalue weighted by Gasteiger charge is 2.29. The Balaban J connectivity index is 0.000000383. The van der Waals surface area contributed by atoms with Crippen LogP contribution in [0.4, 0.5) is 13.2 Å². The minimum atomic E-state index is -5.19. The molecule has 2 heterocycles. The van der Waals surface area contributed by atoms with Crippen molar-refractivity contribution in [1.82, 2.24) is 10.3 Å². The van der Waals surface area contributed by atoms with Crippen molar-refractivity contribution in [3.63, 3.8) is 0 Å². The van der Waals surface area contributed by atoms with Gasteiger partial charge >= 0.3 is 17.9 Å². The maximum atomic E-state index is 12.9. The average Bonchev–Trinajstić information content (AvgIpc) is 3.15. The number of rotatable bonds is 3. The molecule has 1 fully saturated rings. The quantitative estimate of drug-likeness (QED) is 0.497. The summed E-state index contributed by atoms with van der Waals surface area (Å²) < 4.78 is 33.4. The molecule has 0 aliphatic heterocycles. The van der Waals surface area contributed by atoms with Crippen molar-refractivity contribution in [1.29, 1.82) is 0 Å². The molecule has 3 N–H and O–H groups in total. The molecular formula is C22H21ClF3N3O4. The summed E-state index contributed by atoms with van der Waals surface area (Å²) in [5.74, 6) is -2.66. The predicted octanol–water partition coefficient (Wildman–Crippen LogP) is 2.41. The SMILES string of the molecule is O=C(NC1CCC(O)CC1)c1[nH]c(-c2cccc(Cl)c2)c2cccc[n+]12.O=C([O-])C(F)(F)F. The molecule has 176 valence electrons. The van der Waals surface area contributed by atoms with Crippen molar-refractivity contribution in [3.05, 3.63) is 59.5 Å². The van der Waals surface area contributed by atoms with Crippen molar-refractivity contribution in [3.8, 4) is 11.3 Å².